The molecule has 1 aromatic carbocycles. The predicted octanol–water partition coefficient (Wildman–Crippen LogP) is 2.07. The van der Waals surface area contributed by atoms with Crippen molar-refractivity contribution >= 4 is 5.69 Å². The minimum Gasteiger partial charge on any atom is -0.493 e. The lowest BCUT2D eigenvalue weighted by atomic mass is 9.90. The van der Waals surface area contributed by atoms with E-state index in [2.05, 4.69) is 24.4 Å². The molecule has 2 heterocycles. The summed E-state index contributed by atoms with van der Waals surface area (Å²) < 4.78 is 11.0. The van der Waals surface area contributed by atoms with E-state index in [9.17, 15) is 0 Å². The number of hydrogen-bond donors (Lipinski definition) is 1. The van der Waals surface area contributed by atoms with Crippen molar-refractivity contribution in [3.05, 3.63) is 23.8 Å². The highest BCUT2D eigenvalue weighted by Gasteiger charge is 2.34. The monoisotopic (exact) mass is 219 g/mol. The maximum absolute atomic E-state index is 5.83. The van der Waals surface area contributed by atoms with Crippen molar-refractivity contribution in [1.82, 2.24) is 0 Å². The van der Waals surface area contributed by atoms with Crippen LogP contribution >= 0.6 is 0 Å². The number of nitrogens with one attached hydrogen (secondary N) is 1. The van der Waals surface area contributed by atoms with Crippen LogP contribution in [0.15, 0.2) is 18.2 Å². The standard InChI is InChI=1S/C13H17NO2/c1-13(7-15-8-13)9-16-11-2-3-12-10(6-11)4-5-14-12/h2-3,6,14H,4-5,7-9H2,1H3. The van der Waals surface area contributed by atoms with Gasteiger partial charge in [-0.2, -0.15) is 0 Å². The van der Waals surface area contributed by atoms with E-state index in [1.807, 2.05) is 6.07 Å². The second kappa shape index (κ2) is 3.67. The van der Waals surface area contributed by atoms with Crippen LogP contribution < -0.4 is 10.1 Å². The second-order valence-corrected chi connectivity index (χ2v) is 5.09. The highest BCUT2D eigenvalue weighted by atomic mass is 16.5. The molecule has 2 aliphatic heterocycles. The van der Waals surface area contributed by atoms with Gasteiger partial charge in [-0.05, 0) is 30.2 Å². The lowest BCUT2D eigenvalue weighted by Gasteiger charge is -2.37. The predicted molar refractivity (Wildman–Crippen MR) is 63.1 cm³/mol. The lowest BCUT2D eigenvalue weighted by molar-refractivity contribution is -0.120. The fraction of sp³-hybridized carbons (Fsp3) is 0.538. The van der Waals surface area contributed by atoms with Crippen molar-refractivity contribution in [2.45, 2.75) is 13.3 Å². The number of ether oxygens (including phenoxy) is 2. The van der Waals surface area contributed by atoms with Gasteiger partial charge < -0.3 is 14.8 Å². The minimum absolute atomic E-state index is 0.220. The van der Waals surface area contributed by atoms with Crippen LogP contribution in [0.1, 0.15) is 12.5 Å². The Balaban J connectivity index is 1.66. The second-order valence-electron chi connectivity index (χ2n) is 5.09. The van der Waals surface area contributed by atoms with Gasteiger partial charge in [0.15, 0.2) is 0 Å². The summed E-state index contributed by atoms with van der Waals surface area (Å²) in [5.41, 5.74) is 2.84. The molecule has 2 aliphatic rings. The highest BCUT2D eigenvalue weighted by molar-refractivity contribution is 5.57. The molecule has 3 heteroatoms. The van der Waals surface area contributed by atoms with Crippen molar-refractivity contribution < 1.29 is 9.47 Å². The molecule has 16 heavy (non-hydrogen) atoms. The fourth-order valence-corrected chi connectivity index (χ4v) is 2.16. The van der Waals surface area contributed by atoms with Gasteiger partial charge in [-0.15, -0.1) is 0 Å². The van der Waals surface area contributed by atoms with Crippen LogP contribution in [0.5, 0.6) is 5.75 Å². The molecule has 86 valence electrons. The van der Waals surface area contributed by atoms with Gasteiger partial charge in [0.1, 0.15) is 5.75 Å². The molecule has 0 bridgehead atoms. The Morgan fingerprint density at radius 3 is 3.06 bits per heavy atom. The van der Waals surface area contributed by atoms with Gasteiger partial charge >= 0.3 is 0 Å². The van der Waals surface area contributed by atoms with Crippen LogP contribution in [0.3, 0.4) is 0 Å². The Bertz CT molecular complexity index is 399. The molecule has 0 atom stereocenters. The Morgan fingerprint density at radius 1 is 1.44 bits per heavy atom. The SMILES string of the molecule is CC1(COc2ccc3c(c2)CCN3)COC1. The van der Waals surface area contributed by atoms with E-state index >= 15 is 0 Å². The van der Waals surface area contributed by atoms with Crippen molar-refractivity contribution in [3.63, 3.8) is 0 Å². The zero-order valence-electron chi connectivity index (χ0n) is 9.58. The number of hydrogen-bond acceptors (Lipinski definition) is 3. The van der Waals surface area contributed by atoms with Crippen molar-refractivity contribution in [2.75, 3.05) is 31.7 Å². The molecule has 0 amide bonds. The van der Waals surface area contributed by atoms with E-state index < -0.39 is 0 Å². The minimum atomic E-state index is 0.220. The van der Waals surface area contributed by atoms with E-state index in [4.69, 9.17) is 9.47 Å². The summed E-state index contributed by atoms with van der Waals surface area (Å²) in [7, 11) is 0. The average molecular weight is 219 g/mol. The first kappa shape index (κ1) is 9.97. The van der Waals surface area contributed by atoms with Gasteiger partial charge in [0.25, 0.3) is 0 Å². The molecule has 0 aliphatic carbocycles. The molecule has 0 saturated carbocycles. The van der Waals surface area contributed by atoms with Crippen molar-refractivity contribution in [2.24, 2.45) is 5.41 Å². The third-order valence-electron chi connectivity index (χ3n) is 3.27. The van der Waals surface area contributed by atoms with Gasteiger partial charge in [0, 0.05) is 17.6 Å². The number of fused-ring (bicyclic) bond motifs is 1. The molecule has 0 unspecified atom stereocenters. The maximum atomic E-state index is 5.83. The van der Waals surface area contributed by atoms with E-state index in [-0.39, 0.29) is 5.41 Å². The largest absolute Gasteiger partial charge is 0.493 e. The number of rotatable bonds is 3. The van der Waals surface area contributed by atoms with Gasteiger partial charge in [0.2, 0.25) is 0 Å². The zero-order chi connectivity index (χ0) is 11.0. The van der Waals surface area contributed by atoms with Gasteiger partial charge in [-0.3, -0.25) is 0 Å². The number of anilines is 1. The molecule has 1 saturated heterocycles. The number of benzene rings is 1. The van der Waals surface area contributed by atoms with E-state index in [1.54, 1.807) is 0 Å². The van der Waals surface area contributed by atoms with E-state index in [0.717, 1.165) is 38.5 Å². The highest BCUT2D eigenvalue weighted by Crippen LogP contribution is 2.30. The molecule has 1 N–H and O–H groups in total. The Labute approximate surface area is 95.8 Å². The first-order valence-electron chi connectivity index (χ1n) is 5.83. The molecule has 0 spiro atoms. The van der Waals surface area contributed by atoms with Crippen LogP contribution in [0.2, 0.25) is 0 Å². The Hall–Kier alpha value is -1.22. The Morgan fingerprint density at radius 2 is 2.31 bits per heavy atom. The van der Waals surface area contributed by atoms with Crippen LogP contribution in [-0.4, -0.2) is 26.4 Å². The van der Waals surface area contributed by atoms with Crippen LogP contribution in [0.4, 0.5) is 5.69 Å². The summed E-state index contributed by atoms with van der Waals surface area (Å²) in [6, 6.07) is 6.30. The van der Waals surface area contributed by atoms with E-state index in [1.165, 1.54) is 11.3 Å². The lowest BCUT2D eigenvalue weighted by Crippen LogP contribution is -2.44. The summed E-state index contributed by atoms with van der Waals surface area (Å²) in [6.45, 7) is 5.63. The molecule has 3 nitrogen and oxygen atoms in total. The summed E-state index contributed by atoms with van der Waals surface area (Å²) in [4.78, 5) is 0. The third-order valence-corrected chi connectivity index (χ3v) is 3.27. The first-order chi connectivity index (χ1) is 7.75. The van der Waals surface area contributed by atoms with Crippen LogP contribution in [-0.2, 0) is 11.2 Å². The summed E-state index contributed by atoms with van der Waals surface area (Å²) in [5, 5.41) is 3.35. The van der Waals surface area contributed by atoms with Crippen molar-refractivity contribution in [1.29, 1.82) is 0 Å². The first-order valence-corrected chi connectivity index (χ1v) is 5.83. The Kier molecular flexibility index (Phi) is 2.28. The van der Waals surface area contributed by atoms with Crippen molar-refractivity contribution in [3.8, 4) is 5.75 Å². The molecular formula is C13H17NO2. The topological polar surface area (TPSA) is 30.5 Å². The fourth-order valence-electron chi connectivity index (χ4n) is 2.16. The summed E-state index contributed by atoms with van der Waals surface area (Å²) >= 11 is 0. The quantitative estimate of drug-likeness (QED) is 0.844. The van der Waals surface area contributed by atoms with Gasteiger partial charge in [-0.1, -0.05) is 6.92 Å². The maximum Gasteiger partial charge on any atom is 0.119 e. The smallest absolute Gasteiger partial charge is 0.119 e. The summed E-state index contributed by atoms with van der Waals surface area (Å²) in [6.07, 6.45) is 1.10. The van der Waals surface area contributed by atoms with Crippen LogP contribution in [0.25, 0.3) is 0 Å². The summed E-state index contributed by atoms with van der Waals surface area (Å²) in [5.74, 6) is 0.982. The molecule has 3 rings (SSSR count). The molecule has 0 radical (unpaired) electrons. The van der Waals surface area contributed by atoms with Gasteiger partial charge in [0.05, 0.1) is 19.8 Å². The average Bonchev–Trinajstić information content (AvgIpc) is 2.70. The zero-order valence-corrected chi connectivity index (χ0v) is 9.58. The van der Waals surface area contributed by atoms with Crippen LogP contribution in [0, 0.1) is 5.41 Å². The third kappa shape index (κ3) is 1.76. The molecule has 1 aromatic rings. The normalized spacial score (nSPS) is 20.8. The molecular weight excluding hydrogens is 202 g/mol. The van der Waals surface area contributed by atoms with E-state index in [0.29, 0.717) is 0 Å². The molecule has 0 aromatic heterocycles. The van der Waals surface area contributed by atoms with Gasteiger partial charge in [-0.25, -0.2) is 0 Å². The molecule has 1 fully saturated rings.